The second kappa shape index (κ2) is 6.68. The number of methoxy groups -OCH3 is 4. The van der Waals surface area contributed by atoms with Gasteiger partial charge in [-0.25, -0.2) is 0 Å². The van der Waals surface area contributed by atoms with Crippen molar-refractivity contribution < 1.29 is 23.7 Å². The second-order valence-corrected chi connectivity index (χ2v) is 6.80. The van der Waals surface area contributed by atoms with Gasteiger partial charge in [0.25, 0.3) is 0 Å². The van der Waals surface area contributed by atoms with Crippen molar-refractivity contribution in [1.82, 2.24) is 4.90 Å². The Balaban J connectivity index is 1.87. The molecule has 2 aliphatic rings. The van der Waals surface area contributed by atoms with Gasteiger partial charge in [0.05, 0.1) is 40.5 Å². The molecule has 2 atom stereocenters. The highest BCUT2D eigenvalue weighted by Crippen LogP contribution is 2.50. The van der Waals surface area contributed by atoms with Crippen LogP contribution in [0.15, 0.2) is 24.3 Å². The van der Waals surface area contributed by atoms with Crippen LogP contribution in [0.5, 0.6) is 23.0 Å². The van der Waals surface area contributed by atoms with Crippen molar-refractivity contribution in [2.45, 2.75) is 24.9 Å². The number of carbonyl (C=O) groups is 1. The summed E-state index contributed by atoms with van der Waals surface area (Å²) in [5.74, 6) is 2.78. The number of benzene rings is 2. The van der Waals surface area contributed by atoms with Crippen LogP contribution in [-0.2, 0) is 17.6 Å². The molecule has 6 nitrogen and oxygen atoms in total. The van der Waals surface area contributed by atoms with Crippen LogP contribution >= 0.6 is 0 Å². The van der Waals surface area contributed by atoms with E-state index in [2.05, 4.69) is 0 Å². The Morgan fingerprint density at radius 3 is 1.44 bits per heavy atom. The highest BCUT2D eigenvalue weighted by Gasteiger charge is 2.41. The predicted molar refractivity (Wildman–Crippen MR) is 99.9 cm³/mol. The van der Waals surface area contributed by atoms with E-state index in [1.165, 1.54) is 11.1 Å². The lowest BCUT2D eigenvalue weighted by Gasteiger charge is -2.46. The minimum atomic E-state index is -0.0401. The molecule has 0 saturated heterocycles. The van der Waals surface area contributed by atoms with E-state index in [4.69, 9.17) is 18.9 Å². The molecule has 6 heteroatoms. The third kappa shape index (κ3) is 2.59. The monoisotopic (exact) mass is 369 g/mol. The average molecular weight is 369 g/mol. The standard InChI is InChI=1S/C21H23NO5/c1-24-18-7-12-5-16-15-10-21(27-4)19(25-2)8-13(15)6-17(22(16)11-23)14(12)9-20(18)26-3/h7-11,16-17H,5-6H2,1-4H3/t16-,17-/m1/s1. The fourth-order valence-corrected chi connectivity index (χ4v) is 4.38. The maximum absolute atomic E-state index is 12.0. The van der Waals surface area contributed by atoms with Crippen molar-refractivity contribution in [3.8, 4) is 23.0 Å². The van der Waals surface area contributed by atoms with Crippen LogP contribution in [0, 0.1) is 0 Å². The summed E-state index contributed by atoms with van der Waals surface area (Å²) in [4.78, 5) is 13.9. The molecule has 142 valence electrons. The highest BCUT2D eigenvalue weighted by molar-refractivity contribution is 5.61. The predicted octanol–water partition coefficient (Wildman–Crippen LogP) is 3.07. The van der Waals surface area contributed by atoms with Gasteiger partial charge in [-0.1, -0.05) is 0 Å². The van der Waals surface area contributed by atoms with Crippen molar-refractivity contribution >= 4 is 6.41 Å². The summed E-state index contributed by atoms with van der Waals surface area (Å²) < 4.78 is 21.9. The first-order valence-electron chi connectivity index (χ1n) is 8.87. The summed E-state index contributed by atoms with van der Waals surface area (Å²) in [7, 11) is 6.53. The zero-order valence-electron chi connectivity index (χ0n) is 15.9. The van der Waals surface area contributed by atoms with Gasteiger partial charge in [-0.2, -0.15) is 0 Å². The van der Waals surface area contributed by atoms with Gasteiger partial charge in [-0.15, -0.1) is 0 Å². The number of hydrogen-bond donors (Lipinski definition) is 0. The zero-order valence-corrected chi connectivity index (χ0v) is 15.9. The number of rotatable bonds is 5. The Morgan fingerprint density at radius 2 is 1.11 bits per heavy atom. The number of nitrogens with zero attached hydrogens (tertiary/aromatic N) is 1. The maximum Gasteiger partial charge on any atom is 0.210 e. The van der Waals surface area contributed by atoms with E-state index >= 15 is 0 Å². The zero-order chi connectivity index (χ0) is 19.1. The molecule has 0 unspecified atom stereocenters. The molecule has 27 heavy (non-hydrogen) atoms. The summed E-state index contributed by atoms with van der Waals surface area (Å²) in [6, 6.07) is 7.97. The van der Waals surface area contributed by atoms with Crippen molar-refractivity contribution in [2.75, 3.05) is 28.4 Å². The van der Waals surface area contributed by atoms with Crippen molar-refractivity contribution in [3.05, 3.63) is 46.5 Å². The summed E-state index contributed by atoms with van der Waals surface area (Å²) in [5.41, 5.74) is 4.58. The van der Waals surface area contributed by atoms with Crippen molar-refractivity contribution in [1.29, 1.82) is 0 Å². The van der Waals surface area contributed by atoms with Gasteiger partial charge in [0, 0.05) is 0 Å². The molecule has 2 aliphatic heterocycles. The third-order valence-corrected chi connectivity index (χ3v) is 5.68. The Kier molecular flexibility index (Phi) is 4.34. The van der Waals surface area contributed by atoms with Gasteiger partial charge in [-0.05, 0) is 59.4 Å². The van der Waals surface area contributed by atoms with E-state index in [1.807, 2.05) is 29.2 Å². The molecule has 1 amide bonds. The third-order valence-electron chi connectivity index (χ3n) is 5.68. The molecule has 2 aromatic carbocycles. The first kappa shape index (κ1) is 17.5. The van der Waals surface area contributed by atoms with Crippen LogP contribution in [0.2, 0.25) is 0 Å². The first-order chi connectivity index (χ1) is 13.1. The normalized spacial score (nSPS) is 19.6. The quantitative estimate of drug-likeness (QED) is 0.758. The summed E-state index contributed by atoms with van der Waals surface area (Å²) >= 11 is 0. The molecule has 4 rings (SSSR count). The van der Waals surface area contributed by atoms with E-state index in [-0.39, 0.29) is 12.1 Å². The summed E-state index contributed by atoms with van der Waals surface area (Å²) in [6.45, 7) is 0. The minimum absolute atomic E-state index is 0.0401. The Labute approximate surface area is 158 Å². The molecular formula is C21H23NO5. The van der Waals surface area contributed by atoms with E-state index in [1.54, 1.807) is 28.4 Å². The SMILES string of the molecule is COc1cc2c(cc1OC)[C@H]1Cc3cc(OC)c(OC)cc3[C@@H](C2)N1C=O. The van der Waals surface area contributed by atoms with E-state index < -0.39 is 0 Å². The number of hydrogen-bond acceptors (Lipinski definition) is 5. The van der Waals surface area contributed by atoms with Crippen molar-refractivity contribution in [2.24, 2.45) is 0 Å². The summed E-state index contributed by atoms with van der Waals surface area (Å²) in [5, 5.41) is 0. The molecular weight excluding hydrogens is 346 g/mol. The van der Waals surface area contributed by atoms with Crippen LogP contribution in [0.1, 0.15) is 34.3 Å². The lowest BCUT2D eigenvalue weighted by molar-refractivity contribution is -0.124. The maximum atomic E-state index is 12.0. The molecule has 2 heterocycles. The van der Waals surface area contributed by atoms with Crippen LogP contribution in [0.3, 0.4) is 0 Å². The number of amides is 1. The van der Waals surface area contributed by atoms with Gasteiger partial charge < -0.3 is 23.8 Å². The topological polar surface area (TPSA) is 57.2 Å². The molecule has 0 radical (unpaired) electrons. The smallest absolute Gasteiger partial charge is 0.210 e. The van der Waals surface area contributed by atoms with Gasteiger partial charge in [-0.3, -0.25) is 4.79 Å². The van der Waals surface area contributed by atoms with E-state index in [9.17, 15) is 4.79 Å². The number of ether oxygens (including phenoxy) is 4. The van der Waals surface area contributed by atoms with Crippen LogP contribution in [0.25, 0.3) is 0 Å². The van der Waals surface area contributed by atoms with E-state index in [0.717, 1.165) is 17.5 Å². The van der Waals surface area contributed by atoms with Gasteiger partial charge >= 0.3 is 0 Å². The summed E-state index contributed by atoms with van der Waals surface area (Å²) in [6.07, 6.45) is 2.38. The van der Waals surface area contributed by atoms with Crippen LogP contribution in [0.4, 0.5) is 0 Å². The molecule has 0 spiro atoms. The minimum Gasteiger partial charge on any atom is -0.493 e. The molecule has 0 aromatic heterocycles. The fourth-order valence-electron chi connectivity index (χ4n) is 4.38. The highest BCUT2D eigenvalue weighted by atomic mass is 16.5. The van der Waals surface area contributed by atoms with Gasteiger partial charge in [0.2, 0.25) is 6.41 Å². The Morgan fingerprint density at radius 1 is 0.741 bits per heavy atom. The second-order valence-electron chi connectivity index (χ2n) is 6.80. The fraction of sp³-hybridized carbons (Fsp3) is 0.381. The molecule has 2 bridgehead atoms. The molecule has 0 N–H and O–H groups in total. The van der Waals surface area contributed by atoms with Gasteiger partial charge in [0.15, 0.2) is 23.0 Å². The van der Waals surface area contributed by atoms with Crippen LogP contribution in [-0.4, -0.2) is 39.7 Å². The largest absolute Gasteiger partial charge is 0.493 e. The molecule has 2 aromatic rings. The number of carbonyl (C=O) groups excluding carboxylic acids is 1. The Hall–Kier alpha value is -2.89. The lowest BCUT2D eigenvalue weighted by Crippen LogP contribution is -2.42. The lowest BCUT2D eigenvalue weighted by atomic mass is 9.76. The Bertz CT molecular complexity index is 825. The average Bonchev–Trinajstić information content (AvgIpc) is 2.71. The van der Waals surface area contributed by atoms with Gasteiger partial charge in [0.1, 0.15) is 0 Å². The first-order valence-corrected chi connectivity index (χ1v) is 8.87. The van der Waals surface area contributed by atoms with E-state index in [0.29, 0.717) is 35.8 Å². The van der Waals surface area contributed by atoms with Crippen LogP contribution < -0.4 is 18.9 Å². The molecule has 0 aliphatic carbocycles. The molecule has 0 fully saturated rings. The number of fused-ring (bicyclic) bond motifs is 6. The molecule has 0 saturated carbocycles. The van der Waals surface area contributed by atoms with Crippen molar-refractivity contribution in [3.63, 3.8) is 0 Å².